The highest BCUT2D eigenvalue weighted by Gasteiger charge is 2.16. The summed E-state index contributed by atoms with van der Waals surface area (Å²) in [6.07, 6.45) is 0. The largest absolute Gasteiger partial charge is 0.393 e. The Bertz CT molecular complexity index is 737. The number of carbonyl (C=O) groups is 1. The third-order valence-electron chi connectivity index (χ3n) is 2.67. The number of anilines is 2. The van der Waals surface area contributed by atoms with E-state index in [1.807, 2.05) is 0 Å². The number of carbonyl (C=O) groups excluding carboxylic acids is 1. The number of hydrogen-bond acceptors (Lipinski definition) is 4. The van der Waals surface area contributed by atoms with Gasteiger partial charge >= 0.3 is 0 Å². The number of nitro benzene ring substituents is 1. The summed E-state index contributed by atoms with van der Waals surface area (Å²) in [5, 5.41) is 13.3. The van der Waals surface area contributed by atoms with Crippen LogP contribution in [0.4, 0.5) is 21.5 Å². The number of amides is 1. The van der Waals surface area contributed by atoms with E-state index < -0.39 is 16.6 Å². The summed E-state index contributed by atoms with van der Waals surface area (Å²) in [4.78, 5) is 22.1. The van der Waals surface area contributed by atoms with E-state index in [9.17, 15) is 19.3 Å². The van der Waals surface area contributed by atoms with Crippen LogP contribution < -0.4 is 11.1 Å². The van der Waals surface area contributed by atoms with Crippen molar-refractivity contribution in [1.82, 2.24) is 0 Å². The van der Waals surface area contributed by atoms with Crippen molar-refractivity contribution in [3.8, 4) is 0 Å². The van der Waals surface area contributed by atoms with Gasteiger partial charge < -0.3 is 11.1 Å². The number of nitro groups is 1. The van der Waals surface area contributed by atoms with E-state index in [4.69, 9.17) is 5.73 Å². The molecule has 0 saturated heterocycles. The van der Waals surface area contributed by atoms with Crippen molar-refractivity contribution in [3.63, 3.8) is 0 Å². The first-order valence-electron chi connectivity index (χ1n) is 5.69. The molecule has 0 spiro atoms. The molecule has 0 bridgehead atoms. The van der Waals surface area contributed by atoms with Crippen LogP contribution in [0.2, 0.25) is 0 Å². The summed E-state index contributed by atoms with van der Waals surface area (Å²) in [7, 11) is 0. The van der Waals surface area contributed by atoms with Crippen molar-refractivity contribution in [2.45, 2.75) is 0 Å². The number of rotatable bonds is 3. The molecule has 0 fully saturated rings. The van der Waals surface area contributed by atoms with Gasteiger partial charge in [0, 0.05) is 17.3 Å². The molecule has 2 aromatic carbocycles. The quantitative estimate of drug-likeness (QED) is 0.502. The van der Waals surface area contributed by atoms with Crippen LogP contribution in [-0.4, -0.2) is 10.8 Å². The first-order valence-corrected chi connectivity index (χ1v) is 6.48. The Hall–Kier alpha value is -2.48. The maximum absolute atomic E-state index is 13.1. The Morgan fingerprint density at radius 2 is 2.00 bits per heavy atom. The van der Waals surface area contributed by atoms with Gasteiger partial charge in [0.25, 0.3) is 11.6 Å². The van der Waals surface area contributed by atoms with Crippen LogP contribution in [0, 0.1) is 15.9 Å². The Morgan fingerprint density at radius 1 is 1.29 bits per heavy atom. The third-order valence-corrected chi connectivity index (χ3v) is 3.27. The first kappa shape index (κ1) is 14.9. The minimum atomic E-state index is -0.666. The zero-order valence-corrected chi connectivity index (χ0v) is 12.1. The van der Waals surface area contributed by atoms with Gasteiger partial charge in [-0.25, -0.2) is 4.39 Å². The summed E-state index contributed by atoms with van der Waals surface area (Å²) in [5.74, 6) is -1.02. The van der Waals surface area contributed by atoms with Gasteiger partial charge in [-0.2, -0.15) is 0 Å². The van der Waals surface area contributed by atoms with E-state index in [1.54, 1.807) is 0 Å². The second-order valence-corrected chi connectivity index (χ2v) is 4.97. The van der Waals surface area contributed by atoms with Crippen LogP contribution in [0.15, 0.2) is 40.9 Å². The molecule has 3 N–H and O–H groups in total. The lowest BCUT2D eigenvalue weighted by atomic mass is 10.1. The Labute approximate surface area is 127 Å². The second-order valence-electron chi connectivity index (χ2n) is 4.11. The van der Waals surface area contributed by atoms with Gasteiger partial charge in [-0.15, -0.1) is 0 Å². The SMILES string of the molecule is Nc1ccc(C(=O)Nc2ccc(F)c(Br)c2)cc1[N+](=O)[O-]. The molecule has 0 atom stereocenters. The highest BCUT2D eigenvalue weighted by Crippen LogP contribution is 2.24. The van der Waals surface area contributed by atoms with Gasteiger partial charge in [0.1, 0.15) is 11.5 Å². The average Bonchev–Trinajstić information content (AvgIpc) is 2.43. The average molecular weight is 354 g/mol. The molecule has 108 valence electrons. The predicted molar refractivity (Wildman–Crippen MR) is 79.6 cm³/mol. The van der Waals surface area contributed by atoms with E-state index in [0.717, 1.165) is 6.07 Å². The smallest absolute Gasteiger partial charge is 0.292 e. The van der Waals surface area contributed by atoms with E-state index in [-0.39, 0.29) is 21.4 Å². The van der Waals surface area contributed by atoms with E-state index in [2.05, 4.69) is 21.2 Å². The lowest BCUT2D eigenvalue weighted by Crippen LogP contribution is -2.12. The minimum Gasteiger partial charge on any atom is -0.393 e. The van der Waals surface area contributed by atoms with Crippen LogP contribution in [-0.2, 0) is 0 Å². The molecule has 8 heteroatoms. The molecule has 0 aliphatic rings. The van der Waals surface area contributed by atoms with Crippen LogP contribution in [0.25, 0.3) is 0 Å². The molecule has 0 saturated carbocycles. The number of benzene rings is 2. The Morgan fingerprint density at radius 3 is 2.62 bits per heavy atom. The molecule has 2 rings (SSSR count). The lowest BCUT2D eigenvalue weighted by molar-refractivity contribution is -0.383. The molecule has 21 heavy (non-hydrogen) atoms. The van der Waals surface area contributed by atoms with E-state index in [0.29, 0.717) is 5.69 Å². The van der Waals surface area contributed by atoms with Crippen molar-refractivity contribution in [1.29, 1.82) is 0 Å². The summed E-state index contributed by atoms with van der Waals surface area (Å²) in [6.45, 7) is 0. The van der Waals surface area contributed by atoms with Gasteiger partial charge in [-0.1, -0.05) is 0 Å². The van der Waals surface area contributed by atoms with Crippen LogP contribution in [0.5, 0.6) is 0 Å². The van der Waals surface area contributed by atoms with Crippen LogP contribution in [0.1, 0.15) is 10.4 Å². The molecule has 0 unspecified atom stereocenters. The molecule has 0 aliphatic carbocycles. The molecular weight excluding hydrogens is 345 g/mol. The van der Waals surface area contributed by atoms with E-state index in [1.165, 1.54) is 30.3 Å². The van der Waals surface area contributed by atoms with E-state index >= 15 is 0 Å². The predicted octanol–water partition coefficient (Wildman–Crippen LogP) is 3.33. The minimum absolute atomic E-state index is 0.0268. The summed E-state index contributed by atoms with van der Waals surface area (Å²) < 4.78 is 13.3. The molecule has 0 aromatic heterocycles. The zero-order chi connectivity index (χ0) is 15.6. The molecule has 2 aromatic rings. The fraction of sp³-hybridized carbons (Fsp3) is 0. The van der Waals surface area contributed by atoms with Gasteiger partial charge in [-0.3, -0.25) is 14.9 Å². The van der Waals surface area contributed by atoms with Crippen molar-refractivity contribution in [3.05, 3.63) is 62.4 Å². The first-order chi connectivity index (χ1) is 9.88. The third kappa shape index (κ3) is 3.34. The van der Waals surface area contributed by atoms with Gasteiger partial charge in [0.2, 0.25) is 0 Å². The fourth-order valence-electron chi connectivity index (χ4n) is 1.62. The summed E-state index contributed by atoms with van der Waals surface area (Å²) in [6, 6.07) is 7.70. The number of nitrogens with one attached hydrogen (secondary N) is 1. The van der Waals surface area contributed by atoms with Crippen molar-refractivity contribution in [2.24, 2.45) is 0 Å². The number of nitrogens with two attached hydrogens (primary N) is 1. The molecule has 6 nitrogen and oxygen atoms in total. The van der Waals surface area contributed by atoms with Gasteiger partial charge in [0.05, 0.1) is 9.40 Å². The number of hydrogen-bond donors (Lipinski definition) is 2. The topological polar surface area (TPSA) is 98.3 Å². The Kier molecular flexibility index (Phi) is 4.18. The summed E-state index contributed by atoms with van der Waals surface area (Å²) in [5.41, 5.74) is 5.52. The van der Waals surface area contributed by atoms with Crippen LogP contribution >= 0.6 is 15.9 Å². The highest BCUT2D eigenvalue weighted by molar-refractivity contribution is 9.10. The van der Waals surface area contributed by atoms with Crippen molar-refractivity contribution in [2.75, 3.05) is 11.1 Å². The maximum Gasteiger partial charge on any atom is 0.292 e. The molecule has 0 heterocycles. The lowest BCUT2D eigenvalue weighted by Gasteiger charge is -2.06. The maximum atomic E-state index is 13.1. The number of nitrogen functional groups attached to an aromatic ring is 1. The van der Waals surface area contributed by atoms with Crippen LogP contribution in [0.3, 0.4) is 0 Å². The number of nitrogens with zero attached hydrogens (tertiary/aromatic N) is 1. The monoisotopic (exact) mass is 353 g/mol. The van der Waals surface area contributed by atoms with Gasteiger partial charge in [0.15, 0.2) is 0 Å². The number of halogens is 2. The summed E-state index contributed by atoms with van der Waals surface area (Å²) >= 11 is 3.00. The second kappa shape index (κ2) is 5.88. The molecular formula is C13H9BrFN3O3. The molecule has 1 amide bonds. The zero-order valence-electron chi connectivity index (χ0n) is 10.5. The normalized spacial score (nSPS) is 10.2. The molecule has 0 aliphatic heterocycles. The Balaban J connectivity index is 2.26. The van der Waals surface area contributed by atoms with Gasteiger partial charge in [-0.05, 0) is 46.3 Å². The highest BCUT2D eigenvalue weighted by atomic mass is 79.9. The standard InChI is InChI=1S/C13H9BrFN3O3/c14-9-6-8(2-3-10(9)15)17-13(19)7-1-4-11(16)12(5-7)18(20)21/h1-6H,16H2,(H,17,19). The fourth-order valence-corrected chi connectivity index (χ4v) is 2.00. The van der Waals surface area contributed by atoms with Crippen molar-refractivity contribution >= 4 is 38.9 Å². The molecule has 0 radical (unpaired) electrons. The van der Waals surface area contributed by atoms with Crippen molar-refractivity contribution < 1.29 is 14.1 Å².